The van der Waals surface area contributed by atoms with Crippen molar-refractivity contribution in [2.75, 3.05) is 7.11 Å². The van der Waals surface area contributed by atoms with Crippen molar-refractivity contribution in [2.45, 2.75) is 13.3 Å². The number of rotatable bonds is 4. The highest BCUT2D eigenvalue weighted by atomic mass is 16.5. The second-order valence-electron chi connectivity index (χ2n) is 2.84. The Hall–Kier alpha value is -1.64. The van der Waals surface area contributed by atoms with Crippen LogP contribution in [0.1, 0.15) is 23.7 Å². The Bertz CT molecular complexity index is 355. The first-order valence-electron chi connectivity index (χ1n) is 4.40. The standard InChI is InChI=1S/C11H12O3/c1-3-10(12)11(13)8-5-4-6-9(7-8)14-2/h4-7H,3H2,1-2H3. The molecular weight excluding hydrogens is 180 g/mol. The van der Waals surface area contributed by atoms with E-state index in [1.54, 1.807) is 31.2 Å². The molecule has 3 heteroatoms. The van der Waals surface area contributed by atoms with E-state index >= 15 is 0 Å². The topological polar surface area (TPSA) is 43.4 Å². The van der Waals surface area contributed by atoms with Gasteiger partial charge < -0.3 is 4.74 Å². The van der Waals surface area contributed by atoms with Crippen molar-refractivity contribution >= 4 is 11.6 Å². The second-order valence-corrected chi connectivity index (χ2v) is 2.84. The lowest BCUT2D eigenvalue weighted by atomic mass is 10.1. The summed E-state index contributed by atoms with van der Waals surface area (Å²) in [6.07, 6.45) is 0.232. The third-order valence-electron chi connectivity index (χ3n) is 1.91. The fourth-order valence-corrected chi connectivity index (χ4v) is 1.09. The maximum atomic E-state index is 11.4. The molecule has 0 saturated carbocycles. The van der Waals surface area contributed by atoms with Crippen LogP contribution in [0.2, 0.25) is 0 Å². The van der Waals surface area contributed by atoms with Gasteiger partial charge in [0, 0.05) is 12.0 Å². The Morgan fingerprint density at radius 2 is 2.07 bits per heavy atom. The Kier molecular flexibility index (Phi) is 3.40. The van der Waals surface area contributed by atoms with E-state index in [9.17, 15) is 9.59 Å². The van der Waals surface area contributed by atoms with Crippen LogP contribution in [0.3, 0.4) is 0 Å². The Morgan fingerprint density at radius 1 is 1.36 bits per heavy atom. The van der Waals surface area contributed by atoms with E-state index < -0.39 is 5.78 Å². The van der Waals surface area contributed by atoms with Gasteiger partial charge in [0.2, 0.25) is 11.6 Å². The molecule has 0 N–H and O–H groups in total. The molecule has 0 fully saturated rings. The summed E-state index contributed by atoms with van der Waals surface area (Å²) in [6.45, 7) is 1.67. The molecule has 1 rings (SSSR count). The molecule has 1 aromatic rings. The van der Waals surface area contributed by atoms with Gasteiger partial charge >= 0.3 is 0 Å². The van der Waals surface area contributed by atoms with Crippen LogP contribution in [0.25, 0.3) is 0 Å². The minimum absolute atomic E-state index is 0.232. The fourth-order valence-electron chi connectivity index (χ4n) is 1.09. The highest BCUT2D eigenvalue weighted by Gasteiger charge is 2.13. The van der Waals surface area contributed by atoms with Gasteiger partial charge in [-0.2, -0.15) is 0 Å². The summed E-state index contributed by atoms with van der Waals surface area (Å²) in [7, 11) is 1.52. The molecule has 14 heavy (non-hydrogen) atoms. The number of methoxy groups -OCH3 is 1. The maximum Gasteiger partial charge on any atom is 0.228 e. The average Bonchev–Trinajstić information content (AvgIpc) is 2.27. The predicted molar refractivity (Wildman–Crippen MR) is 52.6 cm³/mol. The molecule has 0 aliphatic rings. The monoisotopic (exact) mass is 192 g/mol. The molecule has 0 bridgehead atoms. The Balaban J connectivity index is 2.95. The number of ketones is 2. The molecule has 0 amide bonds. The summed E-state index contributed by atoms with van der Waals surface area (Å²) in [5, 5.41) is 0. The molecule has 0 aliphatic carbocycles. The number of benzene rings is 1. The summed E-state index contributed by atoms with van der Waals surface area (Å²) in [4.78, 5) is 22.6. The molecule has 1 aromatic carbocycles. The van der Waals surface area contributed by atoms with Crippen LogP contribution in [0.15, 0.2) is 24.3 Å². The first-order valence-corrected chi connectivity index (χ1v) is 4.40. The summed E-state index contributed by atoms with van der Waals surface area (Å²) in [5.41, 5.74) is 0.385. The number of Topliss-reactive ketones (excluding diaryl/α,β-unsaturated/α-hetero) is 2. The lowest BCUT2D eigenvalue weighted by molar-refractivity contribution is -0.114. The number of hydrogen-bond acceptors (Lipinski definition) is 3. The number of carbonyl (C=O) groups excluding carboxylic acids is 2. The smallest absolute Gasteiger partial charge is 0.228 e. The zero-order chi connectivity index (χ0) is 10.6. The van der Waals surface area contributed by atoms with Crippen molar-refractivity contribution in [1.29, 1.82) is 0 Å². The van der Waals surface area contributed by atoms with E-state index in [2.05, 4.69) is 0 Å². The van der Waals surface area contributed by atoms with Crippen LogP contribution in [-0.4, -0.2) is 18.7 Å². The van der Waals surface area contributed by atoms with Crippen molar-refractivity contribution in [2.24, 2.45) is 0 Å². The molecule has 0 spiro atoms. The minimum Gasteiger partial charge on any atom is -0.497 e. The normalized spacial score (nSPS) is 9.57. The van der Waals surface area contributed by atoms with Gasteiger partial charge in [0.15, 0.2) is 0 Å². The van der Waals surface area contributed by atoms with Crippen LogP contribution in [0.5, 0.6) is 5.75 Å². The zero-order valence-electron chi connectivity index (χ0n) is 8.24. The largest absolute Gasteiger partial charge is 0.497 e. The highest BCUT2D eigenvalue weighted by molar-refractivity contribution is 6.43. The molecule has 0 atom stereocenters. The van der Waals surface area contributed by atoms with Gasteiger partial charge in [0.1, 0.15) is 5.75 Å². The molecule has 0 aromatic heterocycles. The molecular formula is C11H12O3. The van der Waals surface area contributed by atoms with Gasteiger partial charge in [0.25, 0.3) is 0 Å². The fraction of sp³-hybridized carbons (Fsp3) is 0.273. The van der Waals surface area contributed by atoms with Gasteiger partial charge in [-0.25, -0.2) is 0 Å². The quantitative estimate of drug-likeness (QED) is 0.540. The van der Waals surface area contributed by atoms with Gasteiger partial charge in [-0.05, 0) is 12.1 Å². The van der Waals surface area contributed by atoms with Crippen molar-refractivity contribution in [3.05, 3.63) is 29.8 Å². The average molecular weight is 192 g/mol. The molecule has 0 unspecified atom stereocenters. The van der Waals surface area contributed by atoms with E-state index in [4.69, 9.17) is 4.74 Å². The Morgan fingerprint density at radius 3 is 2.64 bits per heavy atom. The van der Waals surface area contributed by atoms with Gasteiger partial charge in [0.05, 0.1) is 7.11 Å². The van der Waals surface area contributed by atoms with Crippen LogP contribution in [0.4, 0.5) is 0 Å². The second kappa shape index (κ2) is 4.56. The highest BCUT2D eigenvalue weighted by Crippen LogP contribution is 2.13. The van der Waals surface area contributed by atoms with Crippen LogP contribution in [0, 0.1) is 0 Å². The lowest BCUT2D eigenvalue weighted by Gasteiger charge is -2.01. The number of ether oxygens (including phenoxy) is 1. The minimum atomic E-state index is -0.452. The zero-order valence-corrected chi connectivity index (χ0v) is 8.24. The first kappa shape index (κ1) is 10.4. The van der Waals surface area contributed by atoms with E-state index in [1.807, 2.05) is 0 Å². The maximum absolute atomic E-state index is 11.4. The van der Waals surface area contributed by atoms with Crippen LogP contribution in [-0.2, 0) is 4.79 Å². The molecule has 0 radical (unpaired) electrons. The van der Waals surface area contributed by atoms with Crippen LogP contribution < -0.4 is 4.74 Å². The number of hydrogen-bond donors (Lipinski definition) is 0. The van der Waals surface area contributed by atoms with Crippen molar-refractivity contribution in [3.63, 3.8) is 0 Å². The summed E-state index contributed by atoms with van der Waals surface area (Å²) < 4.78 is 4.95. The van der Waals surface area contributed by atoms with Gasteiger partial charge in [-0.3, -0.25) is 9.59 Å². The van der Waals surface area contributed by atoms with Crippen molar-refractivity contribution < 1.29 is 14.3 Å². The van der Waals surface area contributed by atoms with Crippen molar-refractivity contribution in [1.82, 2.24) is 0 Å². The third kappa shape index (κ3) is 2.19. The molecule has 0 saturated heterocycles. The molecule has 3 nitrogen and oxygen atoms in total. The predicted octanol–water partition coefficient (Wildman–Crippen LogP) is 1.86. The Labute approximate surface area is 82.7 Å². The van der Waals surface area contributed by atoms with Gasteiger partial charge in [-0.1, -0.05) is 19.1 Å². The molecule has 0 aliphatic heterocycles. The van der Waals surface area contributed by atoms with Gasteiger partial charge in [-0.15, -0.1) is 0 Å². The summed E-state index contributed by atoms with van der Waals surface area (Å²) in [6, 6.07) is 6.59. The number of carbonyl (C=O) groups is 2. The third-order valence-corrected chi connectivity index (χ3v) is 1.91. The summed E-state index contributed by atoms with van der Waals surface area (Å²) >= 11 is 0. The van der Waals surface area contributed by atoms with E-state index in [1.165, 1.54) is 7.11 Å². The molecule has 74 valence electrons. The molecule has 0 heterocycles. The van der Waals surface area contributed by atoms with Crippen LogP contribution >= 0.6 is 0 Å². The van der Waals surface area contributed by atoms with Crippen molar-refractivity contribution in [3.8, 4) is 5.75 Å². The summed E-state index contributed by atoms with van der Waals surface area (Å²) in [5.74, 6) is -0.246. The SMILES string of the molecule is CCC(=O)C(=O)c1cccc(OC)c1. The van der Waals surface area contributed by atoms with E-state index in [-0.39, 0.29) is 12.2 Å². The lowest BCUT2D eigenvalue weighted by Crippen LogP contribution is -2.12. The van der Waals surface area contributed by atoms with E-state index in [0.29, 0.717) is 11.3 Å². The first-order chi connectivity index (χ1) is 6.69. The van der Waals surface area contributed by atoms with E-state index in [0.717, 1.165) is 0 Å².